The molecular weight excluding hydrogens is 253 g/mol. The molecule has 0 saturated heterocycles. The maximum atomic E-state index is 12.7. The van der Waals surface area contributed by atoms with Gasteiger partial charge >= 0.3 is 0 Å². The van der Waals surface area contributed by atoms with Crippen LogP contribution < -0.4 is 5.32 Å². The second-order valence-corrected chi connectivity index (χ2v) is 4.87. The number of carbonyl (C=O) groups is 1. The summed E-state index contributed by atoms with van der Waals surface area (Å²) in [6.45, 7) is 4.61. The molecule has 1 amide bonds. The number of carbonyl (C=O) groups excluding carboxylic acids is 1. The SMILES string of the molecule is CCC(CC)C(Cl)CNC(=O)c1ccc(F)cc1. The van der Waals surface area contributed by atoms with Gasteiger partial charge in [-0.2, -0.15) is 0 Å². The van der Waals surface area contributed by atoms with Gasteiger partial charge in [0.05, 0.1) is 5.38 Å². The number of alkyl halides is 1. The van der Waals surface area contributed by atoms with Crippen LogP contribution in [0.4, 0.5) is 4.39 Å². The Bertz CT molecular complexity index is 376. The van der Waals surface area contributed by atoms with Gasteiger partial charge in [-0.05, 0) is 30.2 Å². The van der Waals surface area contributed by atoms with Gasteiger partial charge in [-0.15, -0.1) is 11.6 Å². The average molecular weight is 272 g/mol. The van der Waals surface area contributed by atoms with E-state index in [4.69, 9.17) is 11.6 Å². The van der Waals surface area contributed by atoms with Crippen LogP contribution in [0.15, 0.2) is 24.3 Å². The van der Waals surface area contributed by atoms with E-state index in [0.29, 0.717) is 18.0 Å². The van der Waals surface area contributed by atoms with Crippen LogP contribution in [-0.2, 0) is 0 Å². The van der Waals surface area contributed by atoms with Crippen molar-refractivity contribution >= 4 is 17.5 Å². The molecule has 18 heavy (non-hydrogen) atoms. The summed E-state index contributed by atoms with van der Waals surface area (Å²) in [6, 6.07) is 5.47. The highest BCUT2D eigenvalue weighted by Gasteiger charge is 2.16. The van der Waals surface area contributed by atoms with Crippen molar-refractivity contribution in [1.82, 2.24) is 5.32 Å². The number of hydrogen-bond donors (Lipinski definition) is 1. The van der Waals surface area contributed by atoms with Crippen LogP contribution in [0.2, 0.25) is 0 Å². The Morgan fingerprint density at radius 2 is 1.83 bits per heavy atom. The Hall–Kier alpha value is -1.09. The van der Waals surface area contributed by atoms with Gasteiger partial charge in [0.25, 0.3) is 5.91 Å². The molecule has 0 aliphatic heterocycles. The lowest BCUT2D eigenvalue weighted by Crippen LogP contribution is -2.33. The molecule has 100 valence electrons. The van der Waals surface area contributed by atoms with Crippen molar-refractivity contribution in [3.05, 3.63) is 35.6 Å². The molecule has 0 radical (unpaired) electrons. The summed E-state index contributed by atoms with van der Waals surface area (Å²) in [5.74, 6) is -0.161. The fourth-order valence-corrected chi connectivity index (χ4v) is 2.29. The summed E-state index contributed by atoms with van der Waals surface area (Å²) < 4.78 is 12.7. The van der Waals surface area contributed by atoms with Gasteiger partial charge in [-0.25, -0.2) is 4.39 Å². The van der Waals surface area contributed by atoms with Crippen LogP contribution in [0, 0.1) is 11.7 Å². The molecule has 0 aliphatic rings. The first kappa shape index (κ1) is 15.0. The standard InChI is InChI=1S/C14H19ClFNO/c1-3-10(4-2)13(15)9-17-14(18)11-5-7-12(16)8-6-11/h5-8,10,13H,3-4,9H2,1-2H3,(H,17,18). The molecule has 1 rings (SSSR count). The smallest absolute Gasteiger partial charge is 0.251 e. The van der Waals surface area contributed by atoms with Crippen LogP contribution in [0.3, 0.4) is 0 Å². The minimum absolute atomic E-state index is 0.0654. The van der Waals surface area contributed by atoms with E-state index in [-0.39, 0.29) is 17.1 Å². The molecule has 0 bridgehead atoms. The van der Waals surface area contributed by atoms with Crippen molar-refractivity contribution in [3.8, 4) is 0 Å². The van der Waals surface area contributed by atoms with Crippen molar-refractivity contribution in [2.24, 2.45) is 5.92 Å². The zero-order valence-corrected chi connectivity index (χ0v) is 11.5. The van der Waals surface area contributed by atoms with Crippen LogP contribution in [0.1, 0.15) is 37.0 Å². The highest BCUT2D eigenvalue weighted by Crippen LogP contribution is 2.17. The summed E-state index contributed by atoms with van der Waals surface area (Å²) in [5, 5.41) is 2.71. The monoisotopic (exact) mass is 271 g/mol. The lowest BCUT2D eigenvalue weighted by molar-refractivity contribution is 0.0951. The van der Waals surface area contributed by atoms with Gasteiger partial charge in [-0.3, -0.25) is 4.79 Å². The lowest BCUT2D eigenvalue weighted by Gasteiger charge is -2.19. The van der Waals surface area contributed by atoms with Crippen LogP contribution in [0.25, 0.3) is 0 Å². The third-order valence-corrected chi connectivity index (χ3v) is 3.63. The summed E-state index contributed by atoms with van der Waals surface area (Å²) in [4.78, 5) is 11.8. The molecule has 0 spiro atoms. The molecule has 2 nitrogen and oxygen atoms in total. The van der Waals surface area contributed by atoms with Crippen LogP contribution >= 0.6 is 11.6 Å². The number of hydrogen-bond acceptors (Lipinski definition) is 1. The van der Waals surface area contributed by atoms with Gasteiger partial charge in [0.15, 0.2) is 0 Å². The Balaban J connectivity index is 2.48. The van der Waals surface area contributed by atoms with E-state index >= 15 is 0 Å². The molecule has 0 aromatic heterocycles. The second-order valence-electron chi connectivity index (χ2n) is 4.31. The maximum Gasteiger partial charge on any atom is 0.251 e. The molecule has 0 aliphatic carbocycles. The van der Waals surface area contributed by atoms with Crippen molar-refractivity contribution < 1.29 is 9.18 Å². The molecule has 0 heterocycles. The number of benzene rings is 1. The number of halogens is 2. The number of rotatable bonds is 6. The third kappa shape index (κ3) is 4.30. The highest BCUT2D eigenvalue weighted by molar-refractivity contribution is 6.21. The predicted molar refractivity (Wildman–Crippen MR) is 72.4 cm³/mol. The van der Waals surface area contributed by atoms with E-state index in [2.05, 4.69) is 19.2 Å². The summed E-state index contributed by atoms with van der Waals surface area (Å²) in [6.07, 6.45) is 1.99. The predicted octanol–water partition coefficient (Wildman–Crippen LogP) is 3.60. The van der Waals surface area contributed by atoms with E-state index in [1.165, 1.54) is 24.3 Å². The van der Waals surface area contributed by atoms with Gasteiger partial charge in [0.1, 0.15) is 5.82 Å². The van der Waals surface area contributed by atoms with Crippen molar-refractivity contribution in [3.63, 3.8) is 0 Å². The molecule has 1 aromatic carbocycles. The van der Waals surface area contributed by atoms with Crippen molar-refractivity contribution in [1.29, 1.82) is 0 Å². The average Bonchev–Trinajstić information content (AvgIpc) is 2.38. The quantitative estimate of drug-likeness (QED) is 0.787. The van der Waals surface area contributed by atoms with E-state index in [9.17, 15) is 9.18 Å². The molecular formula is C14H19ClFNO. The first-order valence-corrected chi connectivity index (χ1v) is 6.69. The Labute approximate surface area is 113 Å². The minimum atomic E-state index is -0.348. The van der Waals surface area contributed by atoms with Crippen LogP contribution in [0.5, 0.6) is 0 Å². The van der Waals surface area contributed by atoms with E-state index in [1.807, 2.05) is 0 Å². The first-order chi connectivity index (χ1) is 8.58. The van der Waals surface area contributed by atoms with E-state index in [0.717, 1.165) is 12.8 Å². The van der Waals surface area contributed by atoms with Gasteiger partial charge in [-0.1, -0.05) is 26.7 Å². The summed E-state index contributed by atoms with van der Waals surface area (Å²) >= 11 is 6.23. The second kappa shape index (κ2) is 7.37. The Morgan fingerprint density at radius 3 is 2.33 bits per heavy atom. The van der Waals surface area contributed by atoms with Gasteiger partial charge < -0.3 is 5.32 Å². The van der Waals surface area contributed by atoms with E-state index < -0.39 is 0 Å². The zero-order valence-electron chi connectivity index (χ0n) is 10.7. The lowest BCUT2D eigenvalue weighted by atomic mass is 9.99. The van der Waals surface area contributed by atoms with Gasteiger partial charge in [0.2, 0.25) is 0 Å². The number of amides is 1. The van der Waals surface area contributed by atoms with Crippen LogP contribution in [-0.4, -0.2) is 17.8 Å². The fraction of sp³-hybridized carbons (Fsp3) is 0.500. The third-order valence-electron chi connectivity index (χ3n) is 3.12. The fourth-order valence-electron chi connectivity index (χ4n) is 1.86. The summed E-state index contributed by atoms with van der Waals surface area (Å²) in [5.41, 5.74) is 0.449. The molecule has 4 heteroatoms. The van der Waals surface area contributed by atoms with Gasteiger partial charge in [0, 0.05) is 12.1 Å². The Morgan fingerprint density at radius 1 is 1.28 bits per heavy atom. The molecule has 1 atom stereocenters. The first-order valence-electron chi connectivity index (χ1n) is 6.26. The normalized spacial score (nSPS) is 12.5. The largest absolute Gasteiger partial charge is 0.351 e. The summed E-state index contributed by atoms with van der Waals surface area (Å²) in [7, 11) is 0. The molecule has 1 aromatic rings. The maximum absolute atomic E-state index is 12.7. The topological polar surface area (TPSA) is 29.1 Å². The minimum Gasteiger partial charge on any atom is -0.351 e. The van der Waals surface area contributed by atoms with Crippen molar-refractivity contribution in [2.45, 2.75) is 32.1 Å². The van der Waals surface area contributed by atoms with E-state index in [1.54, 1.807) is 0 Å². The van der Waals surface area contributed by atoms with Crippen molar-refractivity contribution in [2.75, 3.05) is 6.54 Å². The number of nitrogens with one attached hydrogen (secondary N) is 1. The molecule has 0 saturated carbocycles. The molecule has 1 unspecified atom stereocenters. The Kier molecular flexibility index (Phi) is 6.13. The molecule has 0 fully saturated rings. The molecule has 1 N–H and O–H groups in total. The highest BCUT2D eigenvalue weighted by atomic mass is 35.5. The zero-order chi connectivity index (χ0) is 13.5.